The Morgan fingerprint density at radius 1 is 0.882 bits per heavy atom. The van der Waals surface area contributed by atoms with E-state index in [9.17, 15) is 9.59 Å². The third-order valence-electron chi connectivity index (χ3n) is 6.06. The van der Waals surface area contributed by atoms with Gasteiger partial charge in [-0.15, -0.1) is 0 Å². The van der Waals surface area contributed by atoms with E-state index in [0.717, 1.165) is 23.2 Å². The number of carbonyl (C=O) groups is 2. The summed E-state index contributed by atoms with van der Waals surface area (Å²) in [6, 6.07) is 23.6. The summed E-state index contributed by atoms with van der Waals surface area (Å²) >= 11 is 0. The Labute approximate surface area is 202 Å². The van der Waals surface area contributed by atoms with Gasteiger partial charge in [-0.3, -0.25) is 9.59 Å². The first-order chi connectivity index (χ1) is 16.5. The standard InChI is InChI=1S/C28H35N3O3/c1-4-23(2)31(28(33)22-34-21-25-14-9-6-10-15-25)20-27(32)30(18-24-12-7-5-8-13-24)19-26-16-11-17-29(26)3/h5-17,23H,4,18-22H2,1-3H3. The van der Waals surface area contributed by atoms with Gasteiger partial charge in [0.25, 0.3) is 0 Å². The van der Waals surface area contributed by atoms with E-state index in [4.69, 9.17) is 4.74 Å². The molecule has 1 unspecified atom stereocenters. The molecule has 0 fully saturated rings. The molecule has 0 bridgehead atoms. The summed E-state index contributed by atoms with van der Waals surface area (Å²) in [5, 5.41) is 0. The number of nitrogens with zero attached hydrogens (tertiary/aromatic N) is 3. The molecule has 0 saturated carbocycles. The quantitative estimate of drug-likeness (QED) is 0.402. The van der Waals surface area contributed by atoms with Crippen LogP contribution in [-0.4, -0.2) is 45.4 Å². The zero-order chi connectivity index (χ0) is 24.3. The maximum Gasteiger partial charge on any atom is 0.249 e. The van der Waals surface area contributed by atoms with Crippen molar-refractivity contribution in [3.63, 3.8) is 0 Å². The smallest absolute Gasteiger partial charge is 0.249 e. The number of carbonyl (C=O) groups excluding carboxylic acids is 2. The molecule has 1 heterocycles. The van der Waals surface area contributed by atoms with Crippen molar-refractivity contribution in [1.29, 1.82) is 0 Å². The second-order valence-electron chi connectivity index (χ2n) is 8.60. The van der Waals surface area contributed by atoms with E-state index in [1.54, 1.807) is 4.90 Å². The van der Waals surface area contributed by atoms with Gasteiger partial charge in [-0.25, -0.2) is 0 Å². The molecule has 2 aromatic carbocycles. The van der Waals surface area contributed by atoms with Crippen LogP contribution in [0.15, 0.2) is 79.0 Å². The summed E-state index contributed by atoms with van der Waals surface area (Å²) in [5.41, 5.74) is 3.10. The Bertz CT molecular complexity index is 1030. The van der Waals surface area contributed by atoms with E-state index in [2.05, 4.69) is 0 Å². The molecule has 0 aliphatic heterocycles. The number of benzene rings is 2. The molecule has 3 rings (SSSR count). The zero-order valence-electron chi connectivity index (χ0n) is 20.4. The molecule has 0 saturated heterocycles. The minimum Gasteiger partial charge on any atom is -0.367 e. The lowest BCUT2D eigenvalue weighted by Gasteiger charge is -2.31. The largest absolute Gasteiger partial charge is 0.367 e. The number of aryl methyl sites for hydroxylation is 1. The van der Waals surface area contributed by atoms with Gasteiger partial charge in [0, 0.05) is 31.5 Å². The topological polar surface area (TPSA) is 54.8 Å². The van der Waals surface area contributed by atoms with Gasteiger partial charge in [0.2, 0.25) is 11.8 Å². The van der Waals surface area contributed by atoms with Crippen LogP contribution in [0.2, 0.25) is 0 Å². The van der Waals surface area contributed by atoms with Crippen LogP contribution < -0.4 is 0 Å². The molecule has 1 aromatic heterocycles. The van der Waals surface area contributed by atoms with Crippen LogP contribution in [0.25, 0.3) is 0 Å². The van der Waals surface area contributed by atoms with Crippen molar-refractivity contribution >= 4 is 11.8 Å². The molecule has 0 radical (unpaired) electrons. The summed E-state index contributed by atoms with van der Waals surface area (Å²) < 4.78 is 7.69. The molecular formula is C28H35N3O3. The van der Waals surface area contributed by atoms with Crippen molar-refractivity contribution in [2.24, 2.45) is 7.05 Å². The van der Waals surface area contributed by atoms with E-state index in [1.165, 1.54) is 0 Å². The minimum absolute atomic E-state index is 0.0276. The van der Waals surface area contributed by atoms with Crippen molar-refractivity contribution in [2.75, 3.05) is 13.2 Å². The SMILES string of the molecule is CCC(C)N(CC(=O)N(Cc1ccccc1)Cc1cccn1C)C(=O)COCc1ccccc1. The molecule has 0 N–H and O–H groups in total. The highest BCUT2D eigenvalue weighted by Crippen LogP contribution is 2.13. The van der Waals surface area contributed by atoms with Crippen LogP contribution in [0.4, 0.5) is 0 Å². The third kappa shape index (κ3) is 7.32. The molecule has 6 nitrogen and oxygen atoms in total. The first kappa shape index (κ1) is 25.2. The summed E-state index contributed by atoms with van der Waals surface area (Å²) in [5.74, 6) is -0.251. The highest BCUT2D eigenvalue weighted by Gasteiger charge is 2.25. The Morgan fingerprint density at radius 3 is 2.12 bits per heavy atom. The first-order valence-electron chi connectivity index (χ1n) is 11.8. The minimum atomic E-state index is -0.169. The number of amides is 2. The Balaban J connectivity index is 1.69. The van der Waals surface area contributed by atoms with Crippen LogP contribution in [0.5, 0.6) is 0 Å². The molecule has 2 amide bonds. The third-order valence-corrected chi connectivity index (χ3v) is 6.06. The highest BCUT2D eigenvalue weighted by atomic mass is 16.5. The molecule has 0 spiro atoms. The number of ether oxygens (including phenoxy) is 1. The average molecular weight is 462 g/mol. The lowest BCUT2D eigenvalue weighted by atomic mass is 10.2. The fourth-order valence-electron chi connectivity index (χ4n) is 3.76. The maximum atomic E-state index is 13.5. The van der Waals surface area contributed by atoms with Crippen LogP contribution in [0, 0.1) is 0 Å². The maximum absolute atomic E-state index is 13.5. The van der Waals surface area contributed by atoms with E-state index in [1.807, 2.05) is 109 Å². The van der Waals surface area contributed by atoms with Gasteiger partial charge in [0.1, 0.15) is 13.2 Å². The summed E-state index contributed by atoms with van der Waals surface area (Å²) in [4.78, 5) is 30.0. The fraction of sp³-hybridized carbons (Fsp3) is 0.357. The molecule has 180 valence electrons. The molecule has 0 aliphatic carbocycles. The lowest BCUT2D eigenvalue weighted by molar-refractivity contribution is -0.146. The normalized spacial score (nSPS) is 11.7. The van der Waals surface area contributed by atoms with Gasteiger partial charge in [-0.1, -0.05) is 67.6 Å². The number of hydrogen-bond donors (Lipinski definition) is 0. The molecule has 34 heavy (non-hydrogen) atoms. The van der Waals surface area contributed by atoms with Gasteiger partial charge < -0.3 is 19.1 Å². The number of rotatable bonds is 12. The van der Waals surface area contributed by atoms with Crippen molar-refractivity contribution < 1.29 is 14.3 Å². The van der Waals surface area contributed by atoms with E-state index >= 15 is 0 Å². The molecule has 3 aromatic rings. The van der Waals surface area contributed by atoms with Gasteiger partial charge >= 0.3 is 0 Å². The van der Waals surface area contributed by atoms with Crippen LogP contribution in [0.1, 0.15) is 37.1 Å². The molecular weight excluding hydrogens is 426 g/mol. The number of aromatic nitrogens is 1. The zero-order valence-corrected chi connectivity index (χ0v) is 20.4. The fourth-order valence-corrected chi connectivity index (χ4v) is 3.76. The molecule has 0 aliphatic rings. The van der Waals surface area contributed by atoms with Gasteiger partial charge in [0.15, 0.2) is 0 Å². The van der Waals surface area contributed by atoms with Crippen LogP contribution in [0.3, 0.4) is 0 Å². The van der Waals surface area contributed by atoms with Crippen LogP contribution in [-0.2, 0) is 41.1 Å². The monoisotopic (exact) mass is 461 g/mol. The summed E-state index contributed by atoms with van der Waals surface area (Å²) in [7, 11) is 1.97. The van der Waals surface area contributed by atoms with Crippen molar-refractivity contribution in [3.05, 3.63) is 95.8 Å². The summed E-state index contributed by atoms with van der Waals surface area (Å²) in [6.45, 7) is 5.29. The predicted molar refractivity (Wildman–Crippen MR) is 134 cm³/mol. The Morgan fingerprint density at radius 2 is 1.53 bits per heavy atom. The van der Waals surface area contributed by atoms with E-state index < -0.39 is 0 Å². The second-order valence-corrected chi connectivity index (χ2v) is 8.60. The average Bonchev–Trinajstić information content (AvgIpc) is 3.26. The van der Waals surface area contributed by atoms with Crippen molar-refractivity contribution in [3.8, 4) is 0 Å². The van der Waals surface area contributed by atoms with Crippen molar-refractivity contribution in [1.82, 2.24) is 14.4 Å². The predicted octanol–water partition coefficient (Wildman–Crippen LogP) is 4.40. The summed E-state index contributed by atoms with van der Waals surface area (Å²) in [6.07, 6.45) is 2.73. The highest BCUT2D eigenvalue weighted by molar-refractivity contribution is 5.85. The van der Waals surface area contributed by atoms with Gasteiger partial charge in [0.05, 0.1) is 13.2 Å². The second kappa shape index (κ2) is 12.8. The number of hydrogen-bond acceptors (Lipinski definition) is 3. The lowest BCUT2D eigenvalue weighted by Crippen LogP contribution is -2.47. The van der Waals surface area contributed by atoms with Gasteiger partial charge in [-0.2, -0.15) is 0 Å². The van der Waals surface area contributed by atoms with E-state index in [-0.39, 0.29) is 31.0 Å². The van der Waals surface area contributed by atoms with Crippen LogP contribution >= 0.6 is 0 Å². The first-order valence-corrected chi connectivity index (χ1v) is 11.8. The van der Waals surface area contributed by atoms with E-state index in [0.29, 0.717) is 19.7 Å². The Hall–Kier alpha value is -3.38. The molecule has 6 heteroatoms. The Kier molecular flexibility index (Phi) is 9.47. The van der Waals surface area contributed by atoms with Gasteiger partial charge in [-0.05, 0) is 36.6 Å². The van der Waals surface area contributed by atoms with Crippen molar-refractivity contribution in [2.45, 2.75) is 46.0 Å². The molecule has 1 atom stereocenters.